The van der Waals surface area contributed by atoms with Crippen molar-refractivity contribution in [3.8, 4) is 6.07 Å². The maximum absolute atomic E-state index is 13.5. The average Bonchev–Trinajstić information content (AvgIpc) is 3.35. The number of methoxy groups -OCH3 is 1. The molecule has 1 heterocycles. The molecule has 1 unspecified atom stereocenters. The standard InChI is InChI=1S/C27H26N4O4S2/c1-31(13-14-35-2)27(32)21-9-6-10-22(17-21)37(33,34)30-24(16-19-7-5-8-20(15-19)18-28)26-29-23-11-3-4-12-25(23)36-26/h3-12,15,17,24,30H,13-14,16H2,1-2H3. The fourth-order valence-corrected chi connectivity index (χ4v) is 6.16. The van der Waals surface area contributed by atoms with Gasteiger partial charge in [0.05, 0.1) is 39.4 Å². The first-order chi connectivity index (χ1) is 17.8. The number of amides is 1. The quantitative estimate of drug-likeness (QED) is 0.327. The summed E-state index contributed by atoms with van der Waals surface area (Å²) in [5.41, 5.74) is 2.34. The van der Waals surface area contributed by atoms with Gasteiger partial charge in [-0.05, 0) is 54.4 Å². The molecule has 0 saturated carbocycles. The molecule has 4 rings (SSSR count). The summed E-state index contributed by atoms with van der Waals surface area (Å²) in [4.78, 5) is 18.9. The maximum Gasteiger partial charge on any atom is 0.253 e. The molecule has 1 amide bonds. The number of sulfonamides is 1. The molecule has 10 heteroatoms. The highest BCUT2D eigenvalue weighted by Gasteiger charge is 2.26. The fourth-order valence-electron chi connectivity index (χ4n) is 3.82. The van der Waals surface area contributed by atoms with Crippen molar-refractivity contribution in [2.45, 2.75) is 17.4 Å². The summed E-state index contributed by atoms with van der Waals surface area (Å²) in [5.74, 6) is -0.301. The van der Waals surface area contributed by atoms with Crippen LogP contribution in [0, 0.1) is 11.3 Å². The number of carbonyl (C=O) groups is 1. The van der Waals surface area contributed by atoms with Gasteiger partial charge in [0.25, 0.3) is 5.91 Å². The third-order valence-electron chi connectivity index (χ3n) is 5.77. The van der Waals surface area contributed by atoms with Crippen molar-refractivity contribution in [1.29, 1.82) is 5.26 Å². The van der Waals surface area contributed by atoms with E-state index in [9.17, 15) is 18.5 Å². The minimum atomic E-state index is -4.02. The number of thiazole rings is 1. The normalized spacial score (nSPS) is 12.2. The highest BCUT2D eigenvalue weighted by atomic mass is 32.2. The smallest absolute Gasteiger partial charge is 0.253 e. The van der Waals surface area contributed by atoms with Crippen molar-refractivity contribution in [3.05, 3.63) is 94.5 Å². The van der Waals surface area contributed by atoms with Crippen LogP contribution in [0.1, 0.15) is 32.5 Å². The minimum absolute atomic E-state index is 0.0182. The Morgan fingerprint density at radius 2 is 1.92 bits per heavy atom. The summed E-state index contributed by atoms with van der Waals surface area (Å²) < 4.78 is 35.8. The number of nitrogens with zero attached hydrogens (tertiary/aromatic N) is 3. The molecule has 1 atom stereocenters. The van der Waals surface area contributed by atoms with Gasteiger partial charge in [-0.1, -0.05) is 30.3 Å². The number of carbonyl (C=O) groups excluding carboxylic acids is 1. The first-order valence-electron chi connectivity index (χ1n) is 11.5. The predicted molar refractivity (Wildman–Crippen MR) is 143 cm³/mol. The van der Waals surface area contributed by atoms with Gasteiger partial charge < -0.3 is 9.64 Å². The fraction of sp³-hybridized carbons (Fsp3) is 0.222. The van der Waals surface area contributed by atoms with Crippen molar-refractivity contribution in [1.82, 2.24) is 14.6 Å². The van der Waals surface area contributed by atoms with Crippen LogP contribution in [0.15, 0.2) is 77.7 Å². The lowest BCUT2D eigenvalue weighted by atomic mass is 10.0. The van der Waals surface area contributed by atoms with E-state index in [1.54, 1.807) is 44.5 Å². The van der Waals surface area contributed by atoms with E-state index in [0.717, 1.165) is 15.8 Å². The van der Waals surface area contributed by atoms with Gasteiger partial charge in [-0.3, -0.25) is 4.79 Å². The topological polar surface area (TPSA) is 112 Å². The van der Waals surface area contributed by atoms with E-state index >= 15 is 0 Å². The number of aromatic nitrogens is 1. The molecule has 1 aromatic heterocycles. The molecule has 0 radical (unpaired) electrons. The zero-order chi connectivity index (χ0) is 26.4. The SMILES string of the molecule is COCCN(C)C(=O)c1cccc(S(=O)(=O)NC(Cc2cccc(C#N)c2)c2nc3ccccc3s2)c1. The molecule has 0 aliphatic heterocycles. The number of nitrogens with one attached hydrogen (secondary N) is 1. The number of para-hydroxylation sites is 1. The van der Waals surface area contributed by atoms with E-state index < -0.39 is 16.1 Å². The number of ether oxygens (including phenoxy) is 1. The molecule has 4 aromatic rings. The first kappa shape index (κ1) is 26.4. The Hall–Kier alpha value is -3.62. The van der Waals surface area contributed by atoms with Crippen molar-refractivity contribution in [2.24, 2.45) is 0 Å². The Balaban J connectivity index is 1.66. The van der Waals surface area contributed by atoms with Crippen LogP contribution in [0.5, 0.6) is 0 Å². The van der Waals surface area contributed by atoms with Crippen molar-refractivity contribution in [3.63, 3.8) is 0 Å². The number of benzene rings is 3. The molecule has 0 aliphatic carbocycles. The number of hydrogen-bond donors (Lipinski definition) is 1. The number of likely N-dealkylation sites (N-methyl/N-ethyl adjacent to an activating group) is 1. The Morgan fingerprint density at radius 3 is 2.68 bits per heavy atom. The molecule has 190 valence electrons. The molecule has 0 aliphatic rings. The minimum Gasteiger partial charge on any atom is -0.383 e. The van der Waals surface area contributed by atoms with Crippen LogP contribution in [0.3, 0.4) is 0 Å². The summed E-state index contributed by atoms with van der Waals surface area (Å²) in [6.45, 7) is 0.755. The van der Waals surface area contributed by atoms with Gasteiger partial charge >= 0.3 is 0 Å². The van der Waals surface area contributed by atoms with Gasteiger partial charge in [0.1, 0.15) is 5.01 Å². The summed E-state index contributed by atoms with van der Waals surface area (Å²) in [6.07, 6.45) is 0.299. The van der Waals surface area contributed by atoms with Crippen LogP contribution < -0.4 is 4.72 Å². The number of hydrogen-bond acceptors (Lipinski definition) is 7. The van der Waals surface area contributed by atoms with E-state index in [-0.39, 0.29) is 16.4 Å². The van der Waals surface area contributed by atoms with Crippen molar-refractivity contribution >= 4 is 37.5 Å². The van der Waals surface area contributed by atoms with Gasteiger partial charge in [-0.25, -0.2) is 18.1 Å². The van der Waals surface area contributed by atoms with Gasteiger partial charge in [-0.2, -0.15) is 5.26 Å². The Labute approximate surface area is 220 Å². The van der Waals surface area contributed by atoms with E-state index in [1.165, 1.54) is 28.4 Å². The average molecular weight is 535 g/mol. The number of nitriles is 1. The van der Waals surface area contributed by atoms with Crippen molar-refractivity contribution < 1.29 is 17.9 Å². The number of rotatable bonds is 10. The van der Waals surface area contributed by atoms with E-state index in [4.69, 9.17) is 4.74 Å². The molecule has 0 spiro atoms. The van der Waals surface area contributed by atoms with Crippen LogP contribution in [0.4, 0.5) is 0 Å². The maximum atomic E-state index is 13.5. The monoisotopic (exact) mass is 534 g/mol. The van der Waals surface area contributed by atoms with Crippen LogP contribution in [-0.2, 0) is 21.2 Å². The van der Waals surface area contributed by atoms with Gasteiger partial charge in [-0.15, -0.1) is 11.3 Å². The molecular formula is C27H26N4O4S2. The Kier molecular flexibility index (Phi) is 8.31. The van der Waals surface area contributed by atoms with Gasteiger partial charge in [0.15, 0.2) is 0 Å². The molecular weight excluding hydrogens is 508 g/mol. The molecule has 37 heavy (non-hydrogen) atoms. The second-order valence-electron chi connectivity index (χ2n) is 8.46. The van der Waals surface area contributed by atoms with Crippen LogP contribution in [-0.4, -0.2) is 51.5 Å². The zero-order valence-electron chi connectivity index (χ0n) is 20.4. The lowest BCUT2D eigenvalue weighted by Crippen LogP contribution is -2.31. The van der Waals surface area contributed by atoms with Crippen LogP contribution >= 0.6 is 11.3 Å². The van der Waals surface area contributed by atoms with Gasteiger partial charge in [0.2, 0.25) is 10.0 Å². The third kappa shape index (κ3) is 6.39. The zero-order valence-corrected chi connectivity index (χ0v) is 22.1. The summed E-state index contributed by atoms with van der Waals surface area (Å²) >= 11 is 1.41. The highest BCUT2D eigenvalue weighted by Crippen LogP contribution is 2.30. The lowest BCUT2D eigenvalue weighted by Gasteiger charge is -2.19. The van der Waals surface area contributed by atoms with Gasteiger partial charge in [0, 0.05) is 26.3 Å². The van der Waals surface area contributed by atoms with Crippen LogP contribution in [0.25, 0.3) is 10.2 Å². The molecule has 1 N–H and O–H groups in total. The summed E-state index contributed by atoms with van der Waals surface area (Å²) in [5, 5.41) is 9.90. The Morgan fingerprint density at radius 1 is 1.14 bits per heavy atom. The first-order valence-corrected chi connectivity index (χ1v) is 13.8. The highest BCUT2D eigenvalue weighted by molar-refractivity contribution is 7.89. The molecule has 0 fully saturated rings. The molecule has 0 saturated heterocycles. The molecule has 0 bridgehead atoms. The second-order valence-corrected chi connectivity index (χ2v) is 11.2. The lowest BCUT2D eigenvalue weighted by molar-refractivity contribution is 0.0744. The van der Waals surface area contributed by atoms with Crippen LogP contribution in [0.2, 0.25) is 0 Å². The summed E-state index contributed by atoms with van der Waals surface area (Å²) in [6, 6.07) is 22.1. The van der Waals surface area contributed by atoms with E-state index in [0.29, 0.717) is 30.1 Å². The number of fused-ring (bicyclic) bond motifs is 1. The Bertz CT molecular complexity index is 1530. The third-order valence-corrected chi connectivity index (χ3v) is 8.39. The molecule has 8 nitrogen and oxygen atoms in total. The predicted octanol–water partition coefficient (Wildman–Crippen LogP) is 4.15. The molecule has 3 aromatic carbocycles. The van der Waals surface area contributed by atoms with E-state index in [1.807, 2.05) is 30.3 Å². The summed E-state index contributed by atoms with van der Waals surface area (Å²) in [7, 11) is -0.834. The second kappa shape index (κ2) is 11.6. The van der Waals surface area contributed by atoms with E-state index in [2.05, 4.69) is 15.8 Å². The van der Waals surface area contributed by atoms with Crippen molar-refractivity contribution in [2.75, 3.05) is 27.3 Å². The largest absolute Gasteiger partial charge is 0.383 e.